The van der Waals surface area contributed by atoms with Crippen molar-refractivity contribution in [2.45, 2.75) is 18.5 Å². The zero-order valence-electron chi connectivity index (χ0n) is 19.0. The van der Waals surface area contributed by atoms with Crippen LogP contribution in [0.4, 0.5) is 18.9 Å². The quantitative estimate of drug-likeness (QED) is 0.371. The number of benzene rings is 2. The lowest BCUT2D eigenvalue weighted by Crippen LogP contribution is -2.21. The van der Waals surface area contributed by atoms with Gasteiger partial charge in [-0.15, -0.1) is 0 Å². The number of nitrogens with zero attached hydrogens (tertiary/aromatic N) is 2. The summed E-state index contributed by atoms with van der Waals surface area (Å²) >= 11 is 0. The Labute approximate surface area is 204 Å². The van der Waals surface area contributed by atoms with Crippen molar-refractivity contribution in [2.24, 2.45) is 0 Å². The highest BCUT2D eigenvalue weighted by Crippen LogP contribution is 2.33. The van der Waals surface area contributed by atoms with E-state index in [0.29, 0.717) is 11.5 Å². The van der Waals surface area contributed by atoms with Gasteiger partial charge in [-0.2, -0.15) is 13.2 Å². The molecule has 3 N–H and O–H groups in total. The number of aliphatic carboxylic acids is 1. The first kappa shape index (κ1) is 24.9. The average Bonchev–Trinajstić information content (AvgIpc) is 3.53. The Hall–Kier alpha value is -4.18. The first-order valence-corrected chi connectivity index (χ1v) is 11.2. The third kappa shape index (κ3) is 5.72. The fraction of sp³-hybridized carbons (Fsp3) is 0.192. The summed E-state index contributed by atoms with van der Waals surface area (Å²) in [5, 5.41) is 13.5. The maximum atomic E-state index is 12.5. The summed E-state index contributed by atoms with van der Waals surface area (Å²) in [5.74, 6) is -2.34. The SMILES string of the molecule is O=C(Nc1ccccc1)c1ccc(-c2cc(C3CCNC3)c3ccncn23)cc1.O=C(O)C(F)(F)F. The van der Waals surface area contributed by atoms with E-state index in [2.05, 4.69) is 32.2 Å². The number of carbonyl (C=O) groups excluding carboxylic acids is 1. The normalized spacial score (nSPS) is 15.2. The predicted octanol–water partition coefficient (Wildman–Crippen LogP) is 4.96. The molecule has 1 saturated heterocycles. The summed E-state index contributed by atoms with van der Waals surface area (Å²) in [6.07, 6.45) is -0.214. The topological polar surface area (TPSA) is 95.7 Å². The smallest absolute Gasteiger partial charge is 0.475 e. The van der Waals surface area contributed by atoms with E-state index in [4.69, 9.17) is 9.90 Å². The molecule has 1 unspecified atom stereocenters. The number of nitrogens with one attached hydrogen (secondary N) is 2. The molecule has 1 amide bonds. The minimum Gasteiger partial charge on any atom is -0.475 e. The molecule has 2 aromatic carbocycles. The van der Waals surface area contributed by atoms with Crippen LogP contribution in [0.1, 0.15) is 28.3 Å². The molecule has 186 valence electrons. The number of aromatic nitrogens is 2. The maximum absolute atomic E-state index is 12.5. The minimum atomic E-state index is -5.08. The highest BCUT2D eigenvalue weighted by molar-refractivity contribution is 6.04. The second-order valence-electron chi connectivity index (χ2n) is 8.21. The molecule has 1 aliphatic heterocycles. The van der Waals surface area contributed by atoms with Crippen LogP contribution in [0, 0.1) is 0 Å². The van der Waals surface area contributed by atoms with E-state index in [1.807, 2.05) is 67.1 Å². The molecule has 5 rings (SSSR count). The summed E-state index contributed by atoms with van der Waals surface area (Å²) < 4.78 is 33.9. The van der Waals surface area contributed by atoms with E-state index in [9.17, 15) is 18.0 Å². The number of halogens is 3. The summed E-state index contributed by atoms with van der Waals surface area (Å²) in [4.78, 5) is 25.7. The number of amides is 1. The average molecular weight is 496 g/mol. The second-order valence-corrected chi connectivity index (χ2v) is 8.21. The Balaban J connectivity index is 0.000000384. The number of hydrogen-bond donors (Lipinski definition) is 3. The van der Waals surface area contributed by atoms with Crippen molar-refractivity contribution in [1.29, 1.82) is 0 Å². The molecular weight excluding hydrogens is 473 g/mol. The zero-order chi connectivity index (χ0) is 25.7. The van der Waals surface area contributed by atoms with Gasteiger partial charge in [0.15, 0.2) is 0 Å². The Morgan fingerprint density at radius 2 is 1.75 bits per heavy atom. The molecule has 0 spiro atoms. The fourth-order valence-electron chi connectivity index (χ4n) is 4.07. The van der Waals surface area contributed by atoms with Crippen LogP contribution in [0.25, 0.3) is 16.8 Å². The summed E-state index contributed by atoms with van der Waals surface area (Å²) in [6.45, 7) is 2.08. The van der Waals surface area contributed by atoms with Crippen LogP contribution >= 0.6 is 0 Å². The van der Waals surface area contributed by atoms with Gasteiger partial charge in [0.05, 0.1) is 17.5 Å². The summed E-state index contributed by atoms with van der Waals surface area (Å²) in [7, 11) is 0. The van der Waals surface area contributed by atoms with E-state index in [1.165, 1.54) is 11.1 Å². The van der Waals surface area contributed by atoms with Crippen LogP contribution < -0.4 is 10.6 Å². The number of para-hydroxylation sites is 1. The molecule has 0 saturated carbocycles. The van der Waals surface area contributed by atoms with Crippen molar-refractivity contribution < 1.29 is 27.9 Å². The molecule has 1 fully saturated rings. The van der Waals surface area contributed by atoms with Crippen LogP contribution in [0.3, 0.4) is 0 Å². The third-order valence-corrected chi connectivity index (χ3v) is 5.82. The molecule has 36 heavy (non-hydrogen) atoms. The third-order valence-electron chi connectivity index (χ3n) is 5.82. The van der Waals surface area contributed by atoms with E-state index < -0.39 is 12.1 Å². The number of hydrogen-bond acceptors (Lipinski definition) is 4. The molecular formula is C26H23F3N4O3. The maximum Gasteiger partial charge on any atom is 0.490 e. The van der Waals surface area contributed by atoms with Gasteiger partial charge in [-0.25, -0.2) is 9.78 Å². The van der Waals surface area contributed by atoms with Crippen molar-refractivity contribution in [3.63, 3.8) is 0 Å². The Morgan fingerprint density at radius 3 is 2.36 bits per heavy atom. The summed E-state index contributed by atoms with van der Waals surface area (Å²) in [5.41, 5.74) is 6.16. The summed E-state index contributed by atoms with van der Waals surface area (Å²) in [6, 6.07) is 21.6. The Bertz CT molecular complexity index is 1350. The highest BCUT2D eigenvalue weighted by atomic mass is 19.4. The molecule has 4 aromatic rings. The highest BCUT2D eigenvalue weighted by Gasteiger charge is 2.38. The van der Waals surface area contributed by atoms with E-state index in [0.717, 1.165) is 36.5 Å². The van der Waals surface area contributed by atoms with Crippen molar-refractivity contribution in [2.75, 3.05) is 18.4 Å². The lowest BCUT2D eigenvalue weighted by molar-refractivity contribution is -0.192. The van der Waals surface area contributed by atoms with Gasteiger partial charge in [0, 0.05) is 24.0 Å². The van der Waals surface area contributed by atoms with Gasteiger partial charge < -0.3 is 20.1 Å². The fourth-order valence-corrected chi connectivity index (χ4v) is 4.07. The van der Waals surface area contributed by atoms with Gasteiger partial charge in [0.25, 0.3) is 5.91 Å². The molecule has 0 radical (unpaired) electrons. The van der Waals surface area contributed by atoms with Gasteiger partial charge in [0.2, 0.25) is 0 Å². The van der Waals surface area contributed by atoms with Gasteiger partial charge in [0.1, 0.15) is 0 Å². The Kier molecular flexibility index (Phi) is 7.35. The first-order chi connectivity index (χ1) is 17.2. The van der Waals surface area contributed by atoms with Gasteiger partial charge in [-0.05, 0) is 66.4 Å². The van der Waals surface area contributed by atoms with Crippen LogP contribution in [-0.2, 0) is 4.79 Å². The largest absolute Gasteiger partial charge is 0.490 e. The van der Waals surface area contributed by atoms with E-state index >= 15 is 0 Å². The lowest BCUT2D eigenvalue weighted by atomic mass is 9.98. The molecule has 1 aliphatic rings. The lowest BCUT2D eigenvalue weighted by Gasteiger charge is -2.07. The number of carboxylic acids is 1. The molecule has 1 atom stereocenters. The predicted molar refractivity (Wildman–Crippen MR) is 129 cm³/mol. The zero-order valence-corrected chi connectivity index (χ0v) is 19.0. The van der Waals surface area contributed by atoms with Gasteiger partial charge in [-0.3, -0.25) is 4.79 Å². The molecule has 3 heterocycles. The van der Waals surface area contributed by atoms with Gasteiger partial charge in [-0.1, -0.05) is 30.3 Å². The second kappa shape index (κ2) is 10.6. The minimum absolute atomic E-state index is 0.109. The number of alkyl halides is 3. The number of rotatable bonds is 4. The van der Waals surface area contributed by atoms with Crippen molar-refractivity contribution in [3.8, 4) is 11.3 Å². The number of fused-ring (bicyclic) bond motifs is 1. The van der Waals surface area contributed by atoms with Crippen molar-refractivity contribution in [1.82, 2.24) is 14.7 Å². The molecule has 7 nitrogen and oxygen atoms in total. The van der Waals surface area contributed by atoms with Crippen LogP contribution in [0.2, 0.25) is 0 Å². The standard InChI is InChI=1S/C24H22N4O.C2HF3O2/c29-24(27-20-4-2-1-3-5-20)18-8-6-17(7-9-18)23-14-21(19-10-12-25-15-19)22-11-13-26-16-28(22)23;3-2(4,5)1(6)7/h1-9,11,13-14,16,19,25H,10,12,15H2,(H,27,29);(H,6,7). The first-order valence-electron chi connectivity index (χ1n) is 11.2. The van der Waals surface area contributed by atoms with Crippen molar-refractivity contribution >= 4 is 23.1 Å². The molecule has 2 aromatic heterocycles. The van der Waals surface area contributed by atoms with E-state index in [1.54, 1.807) is 0 Å². The Morgan fingerprint density at radius 1 is 1.06 bits per heavy atom. The molecule has 0 bridgehead atoms. The van der Waals surface area contributed by atoms with Crippen molar-refractivity contribution in [3.05, 3.63) is 90.4 Å². The van der Waals surface area contributed by atoms with Crippen LogP contribution in [0.15, 0.2) is 79.3 Å². The van der Waals surface area contributed by atoms with Gasteiger partial charge >= 0.3 is 12.1 Å². The number of carbonyl (C=O) groups is 2. The monoisotopic (exact) mass is 496 g/mol. The molecule has 0 aliphatic carbocycles. The van der Waals surface area contributed by atoms with E-state index in [-0.39, 0.29) is 5.91 Å². The number of anilines is 1. The van der Waals surface area contributed by atoms with Crippen LogP contribution in [-0.4, -0.2) is 45.6 Å². The van der Waals surface area contributed by atoms with Crippen LogP contribution in [0.5, 0.6) is 0 Å². The molecule has 10 heteroatoms. The number of carboxylic acid groups (broad SMARTS) is 1.